The number of aryl methyl sites for hydroxylation is 1. The number of benzene rings is 2. The van der Waals surface area contributed by atoms with E-state index in [4.69, 9.17) is 4.74 Å². The van der Waals surface area contributed by atoms with Crippen molar-refractivity contribution in [3.63, 3.8) is 0 Å². The van der Waals surface area contributed by atoms with Crippen LogP contribution in [0.15, 0.2) is 71.8 Å². The van der Waals surface area contributed by atoms with Crippen LogP contribution in [0.3, 0.4) is 0 Å². The zero-order chi connectivity index (χ0) is 25.7. The van der Waals surface area contributed by atoms with Crippen molar-refractivity contribution in [2.75, 3.05) is 0 Å². The van der Waals surface area contributed by atoms with Crippen molar-refractivity contribution in [2.24, 2.45) is 0 Å². The Balaban J connectivity index is 1.85. The van der Waals surface area contributed by atoms with Crippen LogP contribution in [0.5, 0.6) is 11.5 Å². The fourth-order valence-electron chi connectivity index (χ4n) is 3.63. The third kappa shape index (κ3) is 5.81. The van der Waals surface area contributed by atoms with Crippen LogP contribution in [-0.4, -0.2) is 39.6 Å². The topological polar surface area (TPSA) is 118 Å². The average molecular weight is 475 g/mol. The van der Waals surface area contributed by atoms with Gasteiger partial charge >= 0.3 is 5.97 Å². The summed E-state index contributed by atoms with van der Waals surface area (Å²) < 4.78 is 5.46. The Kier molecular flexibility index (Phi) is 7.81. The highest BCUT2D eigenvalue weighted by Gasteiger charge is 2.35. The Morgan fingerprint density at radius 1 is 0.943 bits per heavy atom. The lowest BCUT2D eigenvalue weighted by atomic mass is 9.85. The fourth-order valence-corrected chi connectivity index (χ4v) is 3.63. The van der Waals surface area contributed by atoms with Gasteiger partial charge < -0.3 is 14.9 Å². The minimum atomic E-state index is -1.15. The Bertz CT molecular complexity index is 1270. The van der Waals surface area contributed by atoms with Gasteiger partial charge in [-0.25, -0.2) is 4.79 Å². The van der Waals surface area contributed by atoms with E-state index in [1.807, 2.05) is 32.9 Å². The second-order valence-corrected chi connectivity index (χ2v) is 8.34. The van der Waals surface area contributed by atoms with Crippen molar-refractivity contribution < 1.29 is 34.1 Å². The highest BCUT2D eigenvalue weighted by atomic mass is 16.5. The van der Waals surface area contributed by atoms with Gasteiger partial charge in [-0.1, -0.05) is 42.8 Å². The van der Waals surface area contributed by atoms with Crippen LogP contribution in [0.1, 0.15) is 63.8 Å². The predicted octanol–water partition coefficient (Wildman–Crippen LogP) is 4.67. The van der Waals surface area contributed by atoms with Crippen molar-refractivity contribution in [1.29, 1.82) is 0 Å². The molecule has 2 aromatic carbocycles. The Morgan fingerprint density at radius 3 is 2.17 bits per heavy atom. The summed E-state index contributed by atoms with van der Waals surface area (Å²) in [5, 5.41) is 20.2. The molecule has 0 saturated heterocycles. The molecule has 7 heteroatoms. The van der Waals surface area contributed by atoms with E-state index in [2.05, 4.69) is 0 Å². The second-order valence-electron chi connectivity index (χ2n) is 8.34. The number of ether oxygens (including phenoxy) is 1. The number of phenols is 2. The molecule has 2 N–H and O–H groups in total. The van der Waals surface area contributed by atoms with Gasteiger partial charge in [0.2, 0.25) is 0 Å². The zero-order valence-electron chi connectivity index (χ0n) is 19.7. The molecule has 1 atom stereocenters. The van der Waals surface area contributed by atoms with Gasteiger partial charge in [-0.05, 0) is 50.1 Å². The molecule has 0 unspecified atom stereocenters. The molecular formula is C28H26O7. The summed E-state index contributed by atoms with van der Waals surface area (Å²) in [6, 6.07) is 9.24. The molecule has 0 heterocycles. The van der Waals surface area contributed by atoms with E-state index in [-0.39, 0.29) is 28.9 Å². The SMILES string of the molecule is CCc1ccc(C(=O)/C=C\C(=O)O[C@H](CC=C(C)C)C2=CC(=O)c3c(O)ccc(O)c3C2=O)cc1. The molecule has 0 radical (unpaired) electrons. The second kappa shape index (κ2) is 10.8. The lowest BCUT2D eigenvalue weighted by molar-refractivity contribution is -0.141. The molecule has 0 saturated carbocycles. The average Bonchev–Trinajstić information content (AvgIpc) is 2.83. The highest BCUT2D eigenvalue weighted by Crippen LogP contribution is 2.36. The van der Waals surface area contributed by atoms with Gasteiger partial charge in [0, 0.05) is 23.6 Å². The summed E-state index contributed by atoms with van der Waals surface area (Å²) in [7, 11) is 0. The van der Waals surface area contributed by atoms with Gasteiger partial charge in [0.05, 0.1) is 11.1 Å². The number of fused-ring (bicyclic) bond motifs is 1. The van der Waals surface area contributed by atoms with E-state index in [9.17, 15) is 29.4 Å². The number of carbonyl (C=O) groups excluding carboxylic acids is 4. The third-order valence-corrected chi connectivity index (χ3v) is 5.55. The van der Waals surface area contributed by atoms with E-state index < -0.39 is 35.1 Å². The Morgan fingerprint density at radius 2 is 1.57 bits per heavy atom. The van der Waals surface area contributed by atoms with Crippen LogP contribution in [0.4, 0.5) is 0 Å². The first-order chi connectivity index (χ1) is 16.6. The maximum absolute atomic E-state index is 13.1. The highest BCUT2D eigenvalue weighted by molar-refractivity contribution is 6.27. The minimum Gasteiger partial charge on any atom is -0.507 e. The van der Waals surface area contributed by atoms with Gasteiger partial charge in [-0.15, -0.1) is 0 Å². The van der Waals surface area contributed by atoms with Gasteiger partial charge in [0.1, 0.15) is 17.6 Å². The minimum absolute atomic E-state index is 0.0914. The first-order valence-electron chi connectivity index (χ1n) is 11.1. The summed E-state index contributed by atoms with van der Waals surface area (Å²) in [5.74, 6) is -3.58. The number of rotatable bonds is 8. The summed E-state index contributed by atoms with van der Waals surface area (Å²) in [6.07, 6.45) is 4.58. The lowest BCUT2D eigenvalue weighted by Gasteiger charge is -2.23. The normalized spacial score (nSPS) is 13.7. The van der Waals surface area contributed by atoms with Crippen molar-refractivity contribution >= 4 is 23.3 Å². The lowest BCUT2D eigenvalue weighted by Crippen LogP contribution is -2.28. The van der Waals surface area contributed by atoms with E-state index >= 15 is 0 Å². The number of allylic oxidation sites excluding steroid dienone is 3. The van der Waals surface area contributed by atoms with Gasteiger partial charge in [0.25, 0.3) is 0 Å². The predicted molar refractivity (Wildman–Crippen MR) is 130 cm³/mol. The molecule has 1 aliphatic rings. The molecule has 0 bridgehead atoms. The number of hydrogen-bond donors (Lipinski definition) is 2. The van der Waals surface area contributed by atoms with Gasteiger partial charge in [0.15, 0.2) is 17.3 Å². The fraction of sp³-hybridized carbons (Fsp3) is 0.214. The van der Waals surface area contributed by atoms with Crippen LogP contribution < -0.4 is 0 Å². The molecule has 0 aromatic heterocycles. The molecule has 180 valence electrons. The molecular weight excluding hydrogens is 448 g/mol. The van der Waals surface area contributed by atoms with Crippen molar-refractivity contribution in [3.05, 3.63) is 94.1 Å². The molecule has 3 rings (SSSR count). The van der Waals surface area contributed by atoms with Crippen LogP contribution in [0.25, 0.3) is 0 Å². The Hall–Kier alpha value is -4.26. The number of esters is 1. The third-order valence-electron chi connectivity index (χ3n) is 5.55. The molecule has 1 aliphatic carbocycles. The number of ketones is 3. The van der Waals surface area contributed by atoms with Crippen LogP contribution >= 0.6 is 0 Å². The zero-order valence-corrected chi connectivity index (χ0v) is 19.7. The van der Waals surface area contributed by atoms with Gasteiger partial charge in [-0.2, -0.15) is 0 Å². The molecule has 7 nitrogen and oxygen atoms in total. The smallest absolute Gasteiger partial charge is 0.331 e. The largest absolute Gasteiger partial charge is 0.507 e. The molecule has 0 spiro atoms. The first-order valence-corrected chi connectivity index (χ1v) is 11.1. The number of hydrogen-bond acceptors (Lipinski definition) is 7. The summed E-state index contributed by atoms with van der Waals surface area (Å²) in [6.45, 7) is 5.65. The maximum atomic E-state index is 13.1. The standard InChI is InChI=1S/C28H26O7/c1-4-17-6-8-18(9-7-17)20(29)12-14-25(33)35-24(13-5-16(2)3)19-15-23(32)26-21(30)10-11-22(31)27(26)28(19)34/h5-12,14-15,24,30-31H,4,13H2,1-3H3/b14-12-/t24-/m1/s1. The Labute approximate surface area is 203 Å². The molecule has 35 heavy (non-hydrogen) atoms. The van der Waals surface area contributed by atoms with Crippen molar-refractivity contribution in [2.45, 2.75) is 39.7 Å². The summed E-state index contributed by atoms with van der Waals surface area (Å²) in [4.78, 5) is 50.7. The summed E-state index contributed by atoms with van der Waals surface area (Å²) in [5.41, 5.74) is 1.60. The molecule has 0 amide bonds. The monoisotopic (exact) mass is 474 g/mol. The summed E-state index contributed by atoms with van der Waals surface area (Å²) >= 11 is 0. The van der Waals surface area contributed by atoms with Gasteiger partial charge in [-0.3, -0.25) is 14.4 Å². The number of aromatic hydroxyl groups is 2. The van der Waals surface area contributed by atoms with E-state index in [0.717, 1.165) is 47.9 Å². The molecule has 2 aromatic rings. The number of Topliss-reactive ketones (excluding diaryl/α,β-unsaturated/α-hetero) is 1. The number of carbonyl (C=O) groups is 4. The van der Waals surface area contributed by atoms with Crippen LogP contribution in [-0.2, 0) is 16.0 Å². The van der Waals surface area contributed by atoms with Crippen molar-refractivity contribution in [1.82, 2.24) is 0 Å². The van der Waals surface area contributed by atoms with E-state index in [1.165, 1.54) is 0 Å². The van der Waals surface area contributed by atoms with Crippen molar-refractivity contribution in [3.8, 4) is 11.5 Å². The van der Waals surface area contributed by atoms with Crippen LogP contribution in [0.2, 0.25) is 0 Å². The quantitative estimate of drug-likeness (QED) is 0.188. The molecule has 0 fully saturated rings. The van der Waals surface area contributed by atoms with E-state index in [0.29, 0.717) is 5.56 Å². The van der Waals surface area contributed by atoms with Crippen LogP contribution in [0, 0.1) is 0 Å². The first kappa shape index (κ1) is 25.4. The number of phenolic OH excluding ortho intramolecular Hbond substituents is 2. The maximum Gasteiger partial charge on any atom is 0.331 e. The van der Waals surface area contributed by atoms with E-state index in [1.54, 1.807) is 18.2 Å². The molecule has 0 aliphatic heterocycles.